The predicted molar refractivity (Wildman–Crippen MR) is 97.8 cm³/mol. The fourth-order valence-corrected chi connectivity index (χ4v) is 2.24. The van der Waals surface area contributed by atoms with Crippen LogP contribution in [0.5, 0.6) is 23.0 Å². The van der Waals surface area contributed by atoms with E-state index in [2.05, 4.69) is 0 Å². The van der Waals surface area contributed by atoms with Crippen molar-refractivity contribution in [3.8, 4) is 23.0 Å². The molecule has 0 aromatic heterocycles. The Labute approximate surface area is 141 Å². The number of hydrogen-bond acceptors (Lipinski definition) is 4. The Hall–Kier alpha value is -3.14. The Balaban J connectivity index is 1.78. The fourth-order valence-electron chi connectivity index (χ4n) is 2.24. The standard InChI is InChI=1S/C20H20N2O2/c1-13-6-8-17(11-19(13)21)23-15-4-3-5-16(10-15)24-18-9-7-14(2)20(22)12-18/h3-12H,21-22H2,1-2H3. The van der Waals surface area contributed by atoms with Crippen LogP contribution in [0.2, 0.25) is 0 Å². The number of hydrogen-bond donors (Lipinski definition) is 2. The highest BCUT2D eigenvalue weighted by atomic mass is 16.5. The van der Waals surface area contributed by atoms with E-state index in [4.69, 9.17) is 20.9 Å². The minimum atomic E-state index is 0.677. The number of benzene rings is 3. The highest BCUT2D eigenvalue weighted by Gasteiger charge is 2.04. The van der Waals surface area contributed by atoms with Crippen LogP contribution in [0.4, 0.5) is 11.4 Å². The quantitative estimate of drug-likeness (QED) is 0.660. The van der Waals surface area contributed by atoms with E-state index in [1.54, 1.807) is 0 Å². The molecular weight excluding hydrogens is 300 g/mol. The van der Waals surface area contributed by atoms with E-state index in [1.165, 1.54) is 0 Å². The normalized spacial score (nSPS) is 10.4. The summed E-state index contributed by atoms with van der Waals surface area (Å²) in [6.07, 6.45) is 0. The van der Waals surface area contributed by atoms with E-state index >= 15 is 0 Å². The molecule has 0 fully saturated rings. The lowest BCUT2D eigenvalue weighted by atomic mass is 10.2. The third-order valence-corrected chi connectivity index (χ3v) is 3.78. The van der Waals surface area contributed by atoms with Crippen molar-refractivity contribution in [3.05, 3.63) is 71.8 Å². The zero-order valence-electron chi connectivity index (χ0n) is 13.7. The maximum Gasteiger partial charge on any atom is 0.131 e. The second-order valence-electron chi connectivity index (χ2n) is 5.72. The zero-order valence-corrected chi connectivity index (χ0v) is 13.7. The lowest BCUT2D eigenvalue weighted by molar-refractivity contribution is 0.460. The van der Waals surface area contributed by atoms with Crippen molar-refractivity contribution in [2.24, 2.45) is 0 Å². The third kappa shape index (κ3) is 3.60. The number of nitrogens with two attached hydrogens (primary N) is 2. The van der Waals surface area contributed by atoms with E-state index in [1.807, 2.05) is 74.5 Å². The van der Waals surface area contributed by atoms with E-state index in [9.17, 15) is 0 Å². The maximum absolute atomic E-state index is 5.92. The minimum absolute atomic E-state index is 0.677. The van der Waals surface area contributed by atoms with Crippen LogP contribution < -0.4 is 20.9 Å². The predicted octanol–water partition coefficient (Wildman–Crippen LogP) is 5.05. The fraction of sp³-hybridized carbons (Fsp3) is 0.100. The number of nitrogen functional groups attached to an aromatic ring is 2. The van der Waals surface area contributed by atoms with E-state index in [-0.39, 0.29) is 0 Å². The molecule has 0 heterocycles. The topological polar surface area (TPSA) is 70.5 Å². The Morgan fingerprint density at radius 2 is 1.00 bits per heavy atom. The van der Waals surface area contributed by atoms with Crippen LogP contribution in [-0.4, -0.2) is 0 Å². The van der Waals surface area contributed by atoms with Gasteiger partial charge >= 0.3 is 0 Å². The first-order valence-electron chi connectivity index (χ1n) is 7.69. The van der Waals surface area contributed by atoms with Crippen molar-refractivity contribution < 1.29 is 9.47 Å². The maximum atomic E-state index is 5.92. The van der Waals surface area contributed by atoms with Crippen molar-refractivity contribution in [2.75, 3.05) is 11.5 Å². The second-order valence-corrected chi connectivity index (χ2v) is 5.72. The molecule has 0 saturated heterocycles. The van der Waals surface area contributed by atoms with Crippen LogP contribution in [0.3, 0.4) is 0 Å². The summed E-state index contributed by atoms with van der Waals surface area (Å²) < 4.78 is 11.7. The average Bonchev–Trinajstić information content (AvgIpc) is 2.55. The first-order valence-corrected chi connectivity index (χ1v) is 7.69. The van der Waals surface area contributed by atoms with Gasteiger partial charge in [0, 0.05) is 29.6 Å². The molecular formula is C20H20N2O2. The monoisotopic (exact) mass is 320 g/mol. The van der Waals surface area contributed by atoms with Crippen molar-refractivity contribution >= 4 is 11.4 Å². The highest BCUT2D eigenvalue weighted by Crippen LogP contribution is 2.30. The molecule has 0 aliphatic carbocycles. The van der Waals surface area contributed by atoms with Crippen LogP contribution >= 0.6 is 0 Å². The molecule has 122 valence electrons. The average molecular weight is 320 g/mol. The first-order chi connectivity index (χ1) is 11.5. The van der Waals surface area contributed by atoms with Gasteiger partial charge in [-0.15, -0.1) is 0 Å². The molecule has 4 N–H and O–H groups in total. The number of rotatable bonds is 4. The SMILES string of the molecule is Cc1ccc(Oc2cccc(Oc3ccc(C)c(N)c3)c2)cc1N. The van der Waals surface area contributed by atoms with Crippen LogP contribution in [0.1, 0.15) is 11.1 Å². The molecule has 0 aliphatic heterocycles. The van der Waals surface area contributed by atoms with Gasteiger partial charge in [-0.1, -0.05) is 18.2 Å². The Bertz CT molecular complexity index is 807. The minimum Gasteiger partial charge on any atom is -0.457 e. The van der Waals surface area contributed by atoms with Gasteiger partial charge < -0.3 is 20.9 Å². The largest absolute Gasteiger partial charge is 0.457 e. The molecule has 24 heavy (non-hydrogen) atoms. The molecule has 0 spiro atoms. The second kappa shape index (κ2) is 6.54. The van der Waals surface area contributed by atoms with Gasteiger partial charge in [-0.05, 0) is 49.2 Å². The van der Waals surface area contributed by atoms with Crippen molar-refractivity contribution in [2.45, 2.75) is 13.8 Å². The van der Waals surface area contributed by atoms with E-state index < -0.39 is 0 Å². The molecule has 4 heteroatoms. The smallest absolute Gasteiger partial charge is 0.131 e. The number of anilines is 2. The van der Waals surface area contributed by atoms with Crippen molar-refractivity contribution in [1.29, 1.82) is 0 Å². The molecule has 0 saturated carbocycles. The lowest BCUT2D eigenvalue weighted by Crippen LogP contribution is -1.92. The molecule has 0 aliphatic rings. The van der Waals surface area contributed by atoms with Gasteiger partial charge in [0.2, 0.25) is 0 Å². The highest BCUT2D eigenvalue weighted by molar-refractivity contribution is 5.53. The molecule has 0 atom stereocenters. The van der Waals surface area contributed by atoms with Crippen LogP contribution in [0.15, 0.2) is 60.7 Å². The van der Waals surface area contributed by atoms with Crippen molar-refractivity contribution in [3.63, 3.8) is 0 Å². The molecule has 3 aromatic rings. The lowest BCUT2D eigenvalue weighted by Gasteiger charge is -2.11. The molecule has 0 unspecified atom stereocenters. The summed E-state index contributed by atoms with van der Waals surface area (Å²) in [6.45, 7) is 3.92. The summed E-state index contributed by atoms with van der Waals surface area (Å²) in [5.74, 6) is 2.73. The molecule has 0 radical (unpaired) electrons. The molecule has 0 bridgehead atoms. The van der Waals surface area contributed by atoms with Crippen LogP contribution in [0.25, 0.3) is 0 Å². The van der Waals surface area contributed by atoms with Gasteiger partial charge in [0.1, 0.15) is 23.0 Å². The van der Waals surface area contributed by atoms with E-state index in [0.29, 0.717) is 34.4 Å². The summed E-state index contributed by atoms with van der Waals surface area (Å²) >= 11 is 0. The third-order valence-electron chi connectivity index (χ3n) is 3.78. The van der Waals surface area contributed by atoms with Crippen molar-refractivity contribution in [1.82, 2.24) is 0 Å². The Kier molecular flexibility index (Phi) is 4.29. The number of ether oxygens (including phenoxy) is 2. The molecule has 4 nitrogen and oxygen atoms in total. The van der Waals surface area contributed by atoms with Crippen LogP contribution in [0, 0.1) is 13.8 Å². The molecule has 3 rings (SSSR count). The van der Waals surface area contributed by atoms with E-state index in [0.717, 1.165) is 11.1 Å². The summed E-state index contributed by atoms with van der Waals surface area (Å²) in [5.41, 5.74) is 15.3. The van der Waals surface area contributed by atoms with Gasteiger partial charge in [-0.25, -0.2) is 0 Å². The molecule has 0 amide bonds. The van der Waals surface area contributed by atoms with Gasteiger partial charge in [0.15, 0.2) is 0 Å². The van der Waals surface area contributed by atoms with Gasteiger partial charge in [-0.3, -0.25) is 0 Å². The van der Waals surface area contributed by atoms with Gasteiger partial charge in [0.05, 0.1) is 0 Å². The summed E-state index contributed by atoms with van der Waals surface area (Å²) in [5, 5.41) is 0. The first kappa shape index (κ1) is 15.7. The Morgan fingerprint density at radius 1 is 0.583 bits per heavy atom. The summed E-state index contributed by atoms with van der Waals surface area (Å²) in [6, 6.07) is 18.7. The van der Waals surface area contributed by atoms with Crippen LogP contribution in [-0.2, 0) is 0 Å². The summed E-state index contributed by atoms with van der Waals surface area (Å²) in [7, 11) is 0. The van der Waals surface area contributed by atoms with Gasteiger partial charge in [-0.2, -0.15) is 0 Å². The summed E-state index contributed by atoms with van der Waals surface area (Å²) in [4.78, 5) is 0. The Morgan fingerprint density at radius 3 is 1.42 bits per heavy atom. The van der Waals surface area contributed by atoms with Gasteiger partial charge in [0.25, 0.3) is 0 Å². The molecule has 3 aromatic carbocycles. The number of aryl methyl sites for hydroxylation is 2. The zero-order chi connectivity index (χ0) is 17.1.